The summed E-state index contributed by atoms with van der Waals surface area (Å²) in [5.41, 5.74) is 12.2. The molecule has 1 aliphatic rings. The monoisotopic (exact) mass is 681 g/mol. The molecule has 8 aromatic carbocycles. The van der Waals surface area contributed by atoms with Crippen LogP contribution in [0.4, 0.5) is 17.1 Å². The van der Waals surface area contributed by atoms with Crippen LogP contribution in [0.3, 0.4) is 0 Å². The van der Waals surface area contributed by atoms with Crippen LogP contribution in [-0.2, 0) is 5.41 Å². The fourth-order valence-electron chi connectivity index (χ4n) is 8.82. The minimum absolute atomic E-state index is 0.500. The van der Waals surface area contributed by atoms with Crippen molar-refractivity contribution in [3.8, 4) is 11.1 Å². The van der Waals surface area contributed by atoms with Gasteiger partial charge in [-0.2, -0.15) is 0 Å². The maximum absolute atomic E-state index is 6.66. The predicted molar refractivity (Wildman–Crippen MR) is 219 cm³/mol. The average Bonchev–Trinajstić information content (AvgIpc) is 3.87. The molecule has 0 radical (unpaired) electrons. The lowest BCUT2D eigenvalue weighted by atomic mass is 9.67. The first-order valence-corrected chi connectivity index (χ1v) is 18.6. The van der Waals surface area contributed by atoms with Gasteiger partial charge in [0.15, 0.2) is 0 Å². The quantitative estimate of drug-likeness (QED) is 0.180. The highest BCUT2D eigenvalue weighted by molar-refractivity contribution is 7.27. The van der Waals surface area contributed by atoms with E-state index in [1.807, 2.05) is 11.3 Å². The summed E-state index contributed by atoms with van der Waals surface area (Å²) < 4.78 is 9.18. The maximum atomic E-state index is 6.66. The van der Waals surface area contributed by atoms with Crippen molar-refractivity contribution in [2.75, 3.05) is 4.90 Å². The molecule has 244 valence electrons. The van der Waals surface area contributed by atoms with Gasteiger partial charge in [0.25, 0.3) is 0 Å². The third kappa shape index (κ3) is 4.06. The van der Waals surface area contributed by atoms with Crippen molar-refractivity contribution >= 4 is 70.5 Å². The smallest absolute Gasteiger partial charge is 0.138 e. The van der Waals surface area contributed by atoms with Crippen molar-refractivity contribution in [2.45, 2.75) is 5.41 Å². The molecule has 0 saturated heterocycles. The molecule has 0 spiro atoms. The molecule has 0 amide bonds. The van der Waals surface area contributed by atoms with Crippen LogP contribution in [0.1, 0.15) is 22.3 Å². The van der Waals surface area contributed by atoms with Gasteiger partial charge in [0.1, 0.15) is 11.2 Å². The number of para-hydroxylation sites is 2. The van der Waals surface area contributed by atoms with Crippen molar-refractivity contribution in [1.29, 1.82) is 0 Å². The number of furan rings is 1. The summed E-state index contributed by atoms with van der Waals surface area (Å²) >= 11 is 1.85. The third-order valence-corrected chi connectivity index (χ3v) is 12.1. The second-order valence-corrected chi connectivity index (χ2v) is 14.7. The molecule has 10 aromatic rings. The van der Waals surface area contributed by atoms with Crippen molar-refractivity contribution < 1.29 is 4.42 Å². The van der Waals surface area contributed by atoms with Crippen LogP contribution < -0.4 is 4.90 Å². The van der Waals surface area contributed by atoms with E-state index in [-0.39, 0.29) is 0 Å². The van der Waals surface area contributed by atoms with E-state index in [0.717, 1.165) is 33.6 Å². The van der Waals surface area contributed by atoms with Crippen molar-refractivity contribution in [1.82, 2.24) is 0 Å². The highest BCUT2D eigenvalue weighted by atomic mass is 32.1. The van der Waals surface area contributed by atoms with Crippen molar-refractivity contribution in [3.05, 3.63) is 210 Å². The first kappa shape index (κ1) is 29.3. The zero-order chi connectivity index (χ0) is 34.2. The Bertz CT molecular complexity index is 2920. The normalized spacial score (nSPS) is 13.2. The van der Waals surface area contributed by atoms with Gasteiger partial charge in [-0.1, -0.05) is 146 Å². The van der Waals surface area contributed by atoms with E-state index < -0.39 is 5.41 Å². The van der Waals surface area contributed by atoms with Crippen LogP contribution in [0.15, 0.2) is 192 Å². The molecule has 3 heteroatoms. The largest absolute Gasteiger partial charge is 0.456 e. The molecule has 0 unspecified atom stereocenters. The van der Waals surface area contributed by atoms with E-state index in [1.54, 1.807) is 0 Å². The van der Waals surface area contributed by atoms with E-state index in [4.69, 9.17) is 4.42 Å². The van der Waals surface area contributed by atoms with Crippen LogP contribution in [0.2, 0.25) is 0 Å². The number of benzene rings is 8. The summed E-state index contributed by atoms with van der Waals surface area (Å²) in [6.07, 6.45) is 0. The van der Waals surface area contributed by atoms with E-state index in [2.05, 4.69) is 193 Å². The molecule has 0 bridgehead atoms. The predicted octanol–water partition coefficient (Wildman–Crippen LogP) is 13.8. The number of fused-ring (bicyclic) bond motifs is 10. The summed E-state index contributed by atoms with van der Waals surface area (Å²) in [5.74, 6) is 0. The number of nitrogens with zero attached hydrogens (tertiary/aromatic N) is 1. The molecule has 52 heavy (non-hydrogen) atoms. The Kier molecular flexibility index (Phi) is 6.37. The molecule has 0 atom stereocenters. The Morgan fingerprint density at radius 2 is 1.06 bits per heavy atom. The molecule has 2 aromatic heterocycles. The number of thiophene rings is 1. The van der Waals surface area contributed by atoms with E-state index in [0.29, 0.717) is 0 Å². The maximum Gasteiger partial charge on any atom is 0.138 e. The fraction of sp³-hybridized carbons (Fsp3) is 0.0204. The Labute approximate surface area is 305 Å². The summed E-state index contributed by atoms with van der Waals surface area (Å²) in [4.78, 5) is 2.44. The standard InChI is InChI=1S/C49H31NOS/c1-4-16-32(17-5-1)49(33-18-6-2-7-19-33)40-25-13-10-22-36(40)37-29-28-35(30-41(37)49)50(34-20-8-3-9-21-34)42-31-44-47(38-23-11-14-26-43(38)51-44)48-46(42)39-24-12-15-27-45(39)52-48/h1-31H. The first-order chi connectivity index (χ1) is 25.8. The van der Waals surface area contributed by atoms with Gasteiger partial charge in [0.05, 0.1) is 11.1 Å². The third-order valence-electron chi connectivity index (χ3n) is 10.9. The summed E-state index contributed by atoms with van der Waals surface area (Å²) in [6.45, 7) is 0. The Balaban J connectivity index is 1.26. The average molecular weight is 682 g/mol. The van der Waals surface area contributed by atoms with Gasteiger partial charge in [-0.3, -0.25) is 0 Å². The van der Waals surface area contributed by atoms with Crippen LogP contribution in [0, 0.1) is 0 Å². The Morgan fingerprint density at radius 3 is 1.83 bits per heavy atom. The number of rotatable bonds is 5. The van der Waals surface area contributed by atoms with E-state index >= 15 is 0 Å². The summed E-state index contributed by atoms with van der Waals surface area (Å²) in [6, 6.07) is 68.4. The molecule has 0 aliphatic heterocycles. The summed E-state index contributed by atoms with van der Waals surface area (Å²) in [5, 5.41) is 4.82. The van der Waals surface area contributed by atoms with Gasteiger partial charge in [-0.25, -0.2) is 0 Å². The molecule has 0 N–H and O–H groups in total. The van der Waals surface area contributed by atoms with Crippen LogP contribution in [-0.4, -0.2) is 0 Å². The van der Waals surface area contributed by atoms with Gasteiger partial charge >= 0.3 is 0 Å². The SMILES string of the molecule is c1ccc(N(c2ccc3c(c2)C(c2ccccc2)(c2ccccc2)c2ccccc2-3)c2cc3oc4ccccc4c3c3sc4ccccc4c23)cc1. The van der Waals surface area contributed by atoms with Gasteiger partial charge in [0, 0.05) is 48.4 Å². The van der Waals surface area contributed by atoms with Gasteiger partial charge in [-0.15, -0.1) is 11.3 Å². The Hall–Kier alpha value is -6.42. The molecule has 0 fully saturated rings. The fourth-order valence-corrected chi connectivity index (χ4v) is 10.1. The first-order valence-electron chi connectivity index (χ1n) is 17.8. The highest BCUT2D eigenvalue weighted by Crippen LogP contribution is 2.58. The lowest BCUT2D eigenvalue weighted by molar-refractivity contribution is 0.669. The lowest BCUT2D eigenvalue weighted by Crippen LogP contribution is -2.28. The van der Waals surface area contributed by atoms with Crippen LogP contribution in [0.25, 0.3) is 53.2 Å². The highest BCUT2D eigenvalue weighted by Gasteiger charge is 2.46. The second kappa shape index (κ2) is 11.3. The molecule has 0 saturated carbocycles. The molecule has 2 heterocycles. The zero-order valence-electron chi connectivity index (χ0n) is 28.2. The molecule has 1 aliphatic carbocycles. The van der Waals surface area contributed by atoms with Gasteiger partial charge in [0.2, 0.25) is 0 Å². The Morgan fingerprint density at radius 1 is 0.442 bits per heavy atom. The van der Waals surface area contributed by atoms with E-state index in [9.17, 15) is 0 Å². The molecule has 11 rings (SSSR count). The minimum Gasteiger partial charge on any atom is -0.456 e. The molecule has 2 nitrogen and oxygen atoms in total. The zero-order valence-corrected chi connectivity index (χ0v) is 29.0. The summed E-state index contributed by atoms with van der Waals surface area (Å²) in [7, 11) is 0. The number of hydrogen-bond donors (Lipinski definition) is 0. The number of anilines is 3. The van der Waals surface area contributed by atoms with Crippen molar-refractivity contribution in [2.24, 2.45) is 0 Å². The van der Waals surface area contributed by atoms with Gasteiger partial charge in [-0.05, 0) is 69.8 Å². The molecular formula is C49H31NOS. The van der Waals surface area contributed by atoms with Crippen molar-refractivity contribution in [3.63, 3.8) is 0 Å². The van der Waals surface area contributed by atoms with Crippen LogP contribution in [0.5, 0.6) is 0 Å². The second-order valence-electron chi connectivity index (χ2n) is 13.6. The van der Waals surface area contributed by atoms with E-state index in [1.165, 1.54) is 58.9 Å². The lowest BCUT2D eigenvalue weighted by Gasteiger charge is -2.35. The topological polar surface area (TPSA) is 16.4 Å². The molecular weight excluding hydrogens is 651 g/mol. The minimum atomic E-state index is -0.500. The number of hydrogen-bond acceptors (Lipinski definition) is 3. The van der Waals surface area contributed by atoms with Gasteiger partial charge < -0.3 is 9.32 Å². The van der Waals surface area contributed by atoms with Crippen LogP contribution >= 0.6 is 11.3 Å².